The van der Waals surface area contributed by atoms with Crippen LogP contribution in [0.15, 0.2) is 35.6 Å². The number of rotatable bonds is 12. The summed E-state index contributed by atoms with van der Waals surface area (Å²) in [6.45, 7) is 6.49. The summed E-state index contributed by atoms with van der Waals surface area (Å²) in [4.78, 5) is 12.4. The third kappa shape index (κ3) is 6.02. The molecule has 32 heavy (non-hydrogen) atoms. The zero-order valence-electron chi connectivity index (χ0n) is 18.4. The molecule has 0 aliphatic carbocycles. The number of carbonyl (C=O) groups excluding carboxylic acids is 1. The molecule has 0 unspecified atom stereocenters. The summed E-state index contributed by atoms with van der Waals surface area (Å²) in [6, 6.07) is 7.43. The van der Waals surface area contributed by atoms with E-state index in [9.17, 15) is 4.79 Å². The average Bonchev–Trinajstić information content (AvgIpc) is 3.39. The molecule has 3 rings (SSSR count). The highest BCUT2D eigenvalue weighted by molar-refractivity contribution is 7.99. The normalized spacial score (nSPS) is 11.0. The van der Waals surface area contributed by atoms with Gasteiger partial charge < -0.3 is 14.8 Å². The second-order valence-electron chi connectivity index (χ2n) is 6.74. The Hall–Kier alpha value is -2.56. The van der Waals surface area contributed by atoms with Crippen LogP contribution in [0.1, 0.15) is 19.4 Å². The van der Waals surface area contributed by atoms with Gasteiger partial charge in [-0.25, -0.2) is 0 Å². The Balaban J connectivity index is 1.73. The highest BCUT2D eigenvalue weighted by atomic mass is 35.5. The van der Waals surface area contributed by atoms with Crippen LogP contribution in [0.3, 0.4) is 0 Å². The van der Waals surface area contributed by atoms with Crippen molar-refractivity contribution in [1.29, 1.82) is 0 Å². The molecule has 1 aromatic carbocycles. The quantitative estimate of drug-likeness (QED) is 0.399. The number of nitrogens with one attached hydrogen (secondary N) is 1. The fraction of sp³-hybridized carbons (Fsp3) is 0.429. The molecule has 2 heterocycles. The number of aromatic nitrogens is 5. The highest BCUT2D eigenvalue weighted by Crippen LogP contribution is 2.30. The summed E-state index contributed by atoms with van der Waals surface area (Å²) in [7, 11) is 1.64. The number of carbonyl (C=O) groups is 1. The highest BCUT2D eigenvalue weighted by Gasteiger charge is 2.21. The molecule has 0 fully saturated rings. The SMILES string of the molecule is CCOc1nn(CC)cc1-c1nnc(SCC(=O)NCc2ccccc2Cl)n1CCOC. The van der Waals surface area contributed by atoms with Gasteiger partial charge in [-0.3, -0.25) is 14.0 Å². The van der Waals surface area contributed by atoms with Gasteiger partial charge in [-0.2, -0.15) is 0 Å². The van der Waals surface area contributed by atoms with E-state index in [-0.39, 0.29) is 11.7 Å². The molecule has 0 radical (unpaired) electrons. The maximum absolute atomic E-state index is 12.4. The van der Waals surface area contributed by atoms with E-state index in [0.29, 0.717) is 54.7 Å². The number of halogens is 1. The fourth-order valence-corrected chi connectivity index (χ4v) is 3.95. The number of nitrogens with zero attached hydrogens (tertiary/aromatic N) is 5. The largest absolute Gasteiger partial charge is 0.476 e. The molecular formula is C21H27ClN6O3S. The van der Waals surface area contributed by atoms with Gasteiger partial charge in [0.1, 0.15) is 5.56 Å². The van der Waals surface area contributed by atoms with Gasteiger partial charge >= 0.3 is 0 Å². The van der Waals surface area contributed by atoms with Crippen LogP contribution in [0.4, 0.5) is 0 Å². The van der Waals surface area contributed by atoms with Crippen molar-refractivity contribution in [2.45, 2.75) is 38.6 Å². The number of hydrogen-bond acceptors (Lipinski definition) is 7. The maximum atomic E-state index is 12.4. The second-order valence-corrected chi connectivity index (χ2v) is 8.09. The first kappa shape index (κ1) is 24.1. The molecule has 172 valence electrons. The molecule has 9 nitrogen and oxygen atoms in total. The third-order valence-electron chi connectivity index (χ3n) is 4.58. The van der Waals surface area contributed by atoms with Gasteiger partial charge in [-0.1, -0.05) is 41.6 Å². The van der Waals surface area contributed by atoms with Gasteiger partial charge in [0.25, 0.3) is 0 Å². The minimum atomic E-state index is -0.119. The van der Waals surface area contributed by atoms with Gasteiger partial charge in [-0.05, 0) is 25.5 Å². The van der Waals surface area contributed by atoms with E-state index in [0.717, 1.165) is 11.1 Å². The number of methoxy groups -OCH3 is 1. The average molecular weight is 479 g/mol. The number of amides is 1. The molecular weight excluding hydrogens is 452 g/mol. The molecule has 3 aromatic rings. The Bertz CT molecular complexity index is 1040. The summed E-state index contributed by atoms with van der Waals surface area (Å²) < 4.78 is 14.7. The Kier molecular flexibility index (Phi) is 8.95. The van der Waals surface area contributed by atoms with Crippen molar-refractivity contribution in [3.63, 3.8) is 0 Å². The lowest BCUT2D eigenvalue weighted by Gasteiger charge is -2.10. The minimum Gasteiger partial charge on any atom is -0.476 e. The number of hydrogen-bond donors (Lipinski definition) is 1. The van der Waals surface area contributed by atoms with Crippen LogP contribution in [-0.4, -0.2) is 56.5 Å². The zero-order valence-corrected chi connectivity index (χ0v) is 19.9. The number of aryl methyl sites for hydroxylation is 1. The van der Waals surface area contributed by atoms with E-state index < -0.39 is 0 Å². The number of thioether (sulfide) groups is 1. The molecule has 1 N–H and O–H groups in total. The summed E-state index contributed by atoms with van der Waals surface area (Å²) in [6.07, 6.45) is 1.89. The fourth-order valence-electron chi connectivity index (χ4n) is 2.96. The second kappa shape index (κ2) is 11.9. The zero-order chi connectivity index (χ0) is 22.9. The predicted molar refractivity (Wildman–Crippen MR) is 124 cm³/mol. The van der Waals surface area contributed by atoms with Crippen molar-refractivity contribution in [1.82, 2.24) is 29.9 Å². The lowest BCUT2D eigenvalue weighted by atomic mass is 10.2. The summed E-state index contributed by atoms with van der Waals surface area (Å²) in [5, 5.41) is 17.3. The Morgan fingerprint density at radius 3 is 2.78 bits per heavy atom. The van der Waals surface area contributed by atoms with E-state index >= 15 is 0 Å². The van der Waals surface area contributed by atoms with Gasteiger partial charge in [0.05, 0.1) is 25.5 Å². The topological polar surface area (TPSA) is 96.1 Å². The van der Waals surface area contributed by atoms with Crippen LogP contribution in [0.2, 0.25) is 5.02 Å². The van der Waals surface area contributed by atoms with Crippen molar-refractivity contribution < 1.29 is 14.3 Å². The smallest absolute Gasteiger partial charge is 0.243 e. The standard InChI is InChI=1S/C21H27ClN6O3S/c1-4-27-13-16(20(26-27)31-5-2)19-24-25-21(28(19)10-11-30-3)32-14-18(29)23-12-15-8-6-7-9-17(15)22/h6-9,13H,4-5,10-12,14H2,1-3H3,(H,23,29). The van der Waals surface area contributed by atoms with Crippen molar-refractivity contribution in [2.24, 2.45) is 0 Å². The van der Waals surface area contributed by atoms with Crippen LogP contribution < -0.4 is 10.1 Å². The minimum absolute atomic E-state index is 0.119. The Morgan fingerprint density at radius 2 is 2.06 bits per heavy atom. The first-order chi connectivity index (χ1) is 15.6. The van der Waals surface area contributed by atoms with Gasteiger partial charge in [0.2, 0.25) is 11.8 Å². The molecule has 11 heteroatoms. The van der Waals surface area contributed by atoms with Crippen molar-refractivity contribution >= 4 is 29.3 Å². The molecule has 0 saturated carbocycles. The van der Waals surface area contributed by atoms with Gasteiger partial charge in [0, 0.05) is 31.4 Å². The van der Waals surface area contributed by atoms with E-state index in [4.69, 9.17) is 21.1 Å². The molecule has 0 spiro atoms. The lowest BCUT2D eigenvalue weighted by Crippen LogP contribution is -2.25. The van der Waals surface area contributed by atoms with Gasteiger partial charge in [-0.15, -0.1) is 15.3 Å². The molecule has 0 bridgehead atoms. The molecule has 1 amide bonds. The third-order valence-corrected chi connectivity index (χ3v) is 5.91. The van der Waals surface area contributed by atoms with E-state index in [2.05, 4.69) is 20.6 Å². The molecule has 2 aromatic heterocycles. The van der Waals surface area contributed by atoms with E-state index in [1.165, 1.54) is 11.8 Å². The molecule has 0 saturated heterocycles. The number of ether oxygens (including phenoxy) is 2. The number of benzene rings is 1. The summed E-state index contributed by atoms with van der Waals surface area (Å²) >= 11 is 7.46. The van der Waals surface area contributed by atoms with Crippen LogP contribution in [0.5, 0.6) is 5.88 Å². The van der Waals surface area contributed by atoms with Crippen LogP contribution in [0, 0.1) is 0 Å². The van der Waals surface area contributed by atoms with Crippen LogP contribution >= 0.6 is 23.4 Å². The maximum Gasteiger partial charge on any atom is 0.243 e. The Labute approximate surface area is 196 Å². The molecule has 0 atom stereocenters. The summed E-state index contributed by atoms with van der Waals surface area (Å²) in [5.74, 6) is 1.22. The molecule has 0 aliphatic heterocycles. The first-order valence-electron chi connectivity index (χ1n) is 10.3. The van der Waals surface area contributed by atoms with Crippen LogP contribution in [0.25, 0.3) is 11.4 Å². The predicted octanol–water partition coefficient (Wildman–Crippen LogP) is 3.27. The van der Waals surface area contributed by atoms with E-state index in [1.807, 2.05) is 42.8 Å². The van der Waals surface area contributed by atoms with Crippen LogP contribution in [-0.2, 0) is 29.2 Å². The Morgan fingerprint density at radius 1 is 1.25 bits per heavy atom. The van der Waals surface area contributed by atoms with Gasteiger partial charge in [0.15, 0.2) is 11.0 Å². The van der Waals surface area contributed by atoms with Crippen molar-refractivity contribution in [2.75, 3.05) is 26.1 Å². The van der Waals surface area contributed by atoms with Crippen molar-refractivity contribution in [3.05, 3.63) is 41.0 Å². The van der Waals surface area contributed by atoms with E-state index in [1.54, 1.807) is 17.9 Å². The lowest BCUT2D eigenvalue weighted by molar-refractivity contribution is -0.118. The monoisotopic (exact) mass is 478 g/mol. The summed E-state index contributed by atoms with van der Waals surface area (Å²) in [5.41, 5.74) is 1.63. The van der Waals surface area contributed by atoms with Crippen molar-refractivity contribution in [3.8, 4) is 17.3 Å². The first-order valence-corrected chi connectivity index (χ1v) is 11.7. The molecule has 0 aliphatic rings.